The number of fused-ring (bicyclic) bond motifs is 4. The van der Waals surface area contributed by atoms with Crippen molar-refractivity contribution in [2.45, 2.75) is 81.5 Å². The summed E-state index contributed by atoms with van der Waals surface area (Å²) < 4.78 is 36.4. The summed E-state index contributed by atoms with van der Waals surface area (Å²) in [5.41, 5.74) is 3.38. The van der Waals surface area contributed by atoms with Crippen LogP contribution in [0.25, 0.3) is 0 Å². The van der Waals surface area contributed by atoms with E-state index in [0.29, 0.717) is 43.2 Å². The highest BCUT2D eigenvalue weighted by atomic mass is 35.5. The van der Waals surface area contributed by atoms with E-state index in [1.54, 1.807) is 12.1 Å². The third-order valence-corrected chi connectivity index (χ3v) is 13.2. The second kappa shape index (κ2) is 11.7. The van der Waals surface area contributed by atoms with Gasteiger partial charge in [0.15, 0.2) is 0 Å². The van der Waals surface area contributed by atoms with Gasteiger partial charge in [-0.2, -0.15) is 0 Å². The number of carbonyl (C=O) groups excluding carboxylic acids is 1. The fraction of sp³-hybridized carbons (Fsp3) is 0.571. The van der Waals surface area contributed by atoms with Crippen LogP contribution in [0, 0.1) is 23.7 Å². The number of aryl methyl sites for hydroxylation is 1. The van der Waals surface area contributed by atoms with Crippen LogP contribution in [0.5, 0.6) is 5.75 Å². The normalized spacial score (nSPS) is 34.0. The predicted molar refractivity (Wildman–Crippen MR) is 173 cm³/mol. The van der Waals surface area contributed by atoms with Crippen molar-refractivity contribution in [2.24, 2.45) is 23.7 Å². The standard InChI is InChI=1S/C35H43ClN2O5S/c1-22-4-2-6-31(39)28-12-9-26(28)19-38-20-35(15-3-5-24-17-27(36)11-13-29(24)35)21-43-32-14-10-25(18-30(32)38)34(40)37-44(41,42)33(22)16-23-7-8-23/h2,6,10-11,13-14,17-18,22-23,26,28,31,33,39H,3-5,7-9,12,15-16,19-21H2,1H3,(H,37,40)/b6-2-/t22-,26+,28-,31+,33-,35+/m1/s1. The molecule has 7 rings (SSSR count). The molecule has 0 unspecified atom stereocenters. The summed E-state index contributed by atoms with van der Waals surface area (Å²) in [5, 5.41) is 11.3. The highest BCUT2D eigenvalue weighted by molar-refractivity contribution is 7.90. The first-order valence-electron chi connectivity index (χ1n) is 16.3. The number of nitrogens with zero attached hydrogens (tertiary/aromatic N) is 1. The summed E-state index contributed by atoms with van der Waals surface area (Å²) in [6.07, 6.45) is 11.4. The van der Waals surface area contributed by atoms with E-state index in [0.717, 1.165) is 62.2 Å². The summed E-state index contributed by atoms with van der Waals surface area (Å²) in [5.74, 6) is 0.716. The van der Waals surface area contributed by atoms with Crippen LogP contribution in [0.4, 0.5) is 5.69 Å². The van der Waals surface area contributed by atoms with Gasteiger partial charge in [-0.15, -0.1) is 0 Å². The van der Waals surface area contributed by atoms with Crippen LogP contribution in [0.1, 0.15) is 79.8 Å². The monoisotopic (exact) mass is 638 g/mol. The molecule has 0 aromatic heterocycles. The smallest absolute Gasteiger partial charge is 0.264 e. The molecule has 2 aromatic carbocycles. The van der Waals surface area contributed by atoms with Gasteiger partial charge in [0.05, 0.1) is 23.6 Å². The van der Waals surface area contributed by atoms with Crippen LogP contribution in [0.3, 0.4) is 0 Å². The van der Waals surface area contributed by atoms with Crippen molar-refractivity contribution in [3.63, 3.8) is 0 Å². The summed E-state index contributed by atoms with van der Waals surface area (Å²) in [7, 11) is -3.93. The maximum absolute atomic E-state index is 13.7. The van der Waals surface area contributed by atoms with E-state index in [2.05, 4.69) is 21.8 Å². The molecule has 1 amide bonds. The highest BCUT2D eigenvalue weighted by Gasteiger charge is 2.44. The number of anilines is 1. The fourth-order valence-electron chi connectivity index (χ4n) is 8.15. The minimum atomic E-state index is -3.93. The molecule has 236 valence electrons. The molecule has 2 N–H and O–H groups in total. The maximum atomic E-state index is 13.7. The van der Waals surface area contributed by atoms with E-state index in [4.69, 9.17) is 16.3 Å². The van der Waals surface area contributed by atoms with Gasteiger partial charge in [0.25, 0.3) is 5.91 Å². The molecule has 9 heteroatoms. The zero-order valence-electron chi connectivity index (χ0n) is 25.4. The van der Waals surface area contributed by atoms with Crippen molar-refractivity contribution in [1.82, 2.24) is 4.72 Å². The number of sulfonamides is 1. The number of hydrogen-bond acceptors (Lipinski definition) is 6. The Kier molecular flexibility index (Phi) is 7.99. The Bertz CT molecular complexity index is 1570. The molecule has 1 spiro atoms. The molecule has 2 fully saturated rings. The molecule has 2 heterocycles. The topological polar surface area (TPSA) is 95.9 Å². The molecule has 2 saturated carbocycles. The van der Waals surface area contributed by atoms with E-state index in [1.807, 2.05) is 31.2 Å². The number of ether oxygens (including phenoxy) is 1. The van der Waals surface area contributed by atoms with Gasteiger partial charge in [-0.1, -0.05) is 49.6 Å². The van der Waals surface area contributed by atoms with Crippen LogP contribution >= 0.6 is 11.6 Å². The van der Waals surface area contributed by atoms with Gasteiger partial charge >= 0.3 is 0 Å². The Morgan fingerprint density at radius 2 is 1.98 bits per heavy atom. The first-order valence-corrected chi connectivity index (χ1v) is 18.3. The van der Waals surface area contributed by atoms with Crippen LogP contribution in [-0.4, -0.2) is 50.5 Å². The third-order valence-electron chi connectivity index (χ3n) is 11.0. The van der Waals surface area contributed by atoms with Crippen LogP contribution in [0.15, 0.2) is 48.6 Å². The van der Waals surface area contributed by atoms with E-state index < -0.39 is 27.3 Å². The highest BCUT2D eigenvalue weighted by Crippen LogP contribution is 2.47. The van der Waals surface area contributed by atoms with E-state index in [-0.39, 0.29) is 23.2 Å². The molecule has 44 heavy (non-hydrogen) atoms. The van der Waals surface area contributed by atoms with Gasteiger partial charge in [0.2, 0.25) is 10.0 Å². The first-order chi connectivity index (χ1) is 21.1. The van der Waals surface area contributed by atoms with Crippen molar-refractivity contribution in [1.29, 1.82) is 0 Å². The predicted octanol–water partition coefficient (Wildman–Crippen LogP) is 6.02. The quantitative estimate of drug-likeness (QED) is 0.391. The lowest BCUT2D eigenvalue weighted by molar-refractivity contribution is 0.0455. The number of hydrogen-bond donors (Lipinski definition) is 2. The second-order valence-corrected chi connectivity index (χ2v) is 16.4. The lowest BCUT2D eigenvalue weighted by Crippen LogP contribution is -2.49. The van der Waals surface area contributed by atoms with Crippen LogP contribution in [-0.2, 0) is 21.9 Å². The summed E-state index contributed by atoms with van der Waals surface area (Å²) >= 11 is 6.41. The van der Waals surface area contributed by atoms with Gasteiger partial charge in [0, 0.05) is 29.1 Å². The lowest BCUT2D eigenvalue weighted by Gasteiger charge is -2.45. The summed E-state index contributed by atoms with van der Waals surface area (Å²) in [4.78, 5) is 15.9. The van der Waals surface area contributed by atoms with Crippen LogP contribution < -0.4 is 14.4 Å². The second-order valence-electron chi connectivity index (χ2n) is 14.1. The molecule has 3 aliphatic carbocycles. The molecule has 2 aromatic rings. The van der Waals surface area contributed by atoms with Crippen LogP contribution in [0.2, 0.25) is 5.02 Å². The van der Waals surface area contributed by atoms with Gasteiger partial charge in [0.1, 0.15) is 5.75 Å². The Balaban J connectivity index is 1.28. The number of allylic oxidation sites excluding steroid dienone is 1. The minimum Gasteiger partial charge on any atom is -0.490 e. The lowest BCUT2D eigenvalue weighted by atomic mass is 9.68. The van der Waals surface area contributed by atoms with Gasteiger partial charge in [-0.25, -0.2) is 13.1 Å². The molecule has 5 aliphatic rings. The number of aliphatic hydroxyl groups is 1. The van der Waals surface area contributed by atoms with Crippen molar-refractivity contribution in [3.05, 3.63) is 70.3 Å². The first kappa shape index (κ1) is 30.1. The number of nitrogens with one attached hydrogen (secondary N) is 1. The molecule has 7 nitrogen and oxygen atoms in total. The average Bonchev–Trinajstić information content (AvgIpc) is 3.81. The number of amides is 1. The zero-order valence-corrected chi connectivity index (χ0v) is 27.0. The molecule has 2 bridgehead atoms. The molecule has 0 radical (unpaired) electrons. The van der Waals surface area contributed by atoms with Gasteiger partial charge in [-0.3, -0.25) is 4.79 Å². The van der Waals surface area contributed by atoms with E-state index in [9.17, 15) is 18.3 Å². The fourth-order valence-corrected chi connectivity index (χ4v) is 10.1. The summed E-state index contributed by atoms with van der Waals surface area (Å²) in [6, 6.07) is 11.5. The summed E-state index contributed by atoms with van der Waals surface area (Å²) in [6.45, 7) is 3.87. The molecular formula is C35H43ClN2O5S. The average molecular weight is 639 g/mol. The Hall–Kier alpha value is -2.55. The number of carbonyl (C=O) groups is 1. The molecule has 2 aliphatic heterocycles. The Labute approximate surface area is 266 Å². The Morgan fingerprint density at radius 3 is 2.75 bits per heavy atom. The van der Waals surface area contributed by atoms with Gasteiger partial charge in [-0.05, 0) is 110 Å². The van der Waals surface area contributed by atoms with Crippen molar-refractivity contribution < 1.29 is 23.1 Å². The largest absolute Gasteiger partial charge is 0.490 e. The molecule has 6 atom stereocenters. The SMILES string of the molecule is C[C@@H]1C/C=C\[C@H](O)[C@@H]2CC[C@H]2CN2C[C@@]3(CCCc4cc(Cl)ccc43)COc3ccc(cc32)C(=O)NS(=O)(=O)[C@@H]1CC1CC1. The van der Waals surface area contributed by atoms with E-state index >= 15 is 0 Å². The van der Waals surface area contributed by atoms with Crippen molar-refractivity contribution >= 4 is 33.2 Å². The van der Waals surface area contributed by atoms with Crippen molar-refractivity contribution in [2.75, 3.05) is 24.6 Å². The number of benzene rings is 2. The van der Waals surface area contributed by atoms with Gasteiger partial charge < -0.3 is 14.7 Å². The molecule has 0 saturated heterocycles. The number of aliphatic hydroxyl groups excluding tert-OH is 1. The molecular weight excluding hydrogens is 596 g/mol. The number of halogens is 1. The minimum absolute atomic E-state index is 0.132. The van der Waals surface area contributed by atoms with Crippen molar-refractivity contribution in [3.8, 4) is 5.75 Å². The third kappa shape index (κ3) is 5.78. The number of rotatable bonds is 2. The van der Waals surface area contributed by atoms with E-state index in [1.165, 1.54) is 11.1 Å². The maximum Gasteiger partial charge on any atom is 0.264 e. The zero-order chi connectivity index (χ0) is 30.6. The Morgan fingerprint density at radius 1 is 1.14 bits per heavy atom.